The number of benzene rings is 7. The first-order valence-corrected chi connectivity index (χ1v) is 21.5. The molecule has 0 saturated heterocycles. The molecule has 0 saturated carbocycles. The zero-order valence-electron chi connectivity index (χ0n) is 32.4. The summed E-state index contributed by atoms with van der Waals surface area (Å²) in [6.07, 6.45) is 0. The van der Waals surface area contributed by atoms with E-state index in [2.05, 4.69) is 185 Å². The molecule has 0 fully saturated rings. The maximum atomic E-state index is 14.6. The lowest BCUT2D eigenvalue weighted by atomic mass is 9.33. The van der Waals surface area contributed by atoms with Crippen molar-refractivity contribution in [1.82, 2.24) is 0 Å². The number of halogens is 1. The molecule has 0 unspecified atom stereocenters. The van der Waals surface area contributed by atoms with Gasteiger partial charge in [-0.15, -0.1) is 0 Å². The van der Waals surface area contributed by atoms with Gasteiger partial charge in [-0.1, -0.05) is 151 Å². The molecule has 3 heterocycles. The topological polar surface area (TPSA) is 6.48 Å². The molecule has 0 radical (unpaired) electrons. The van der Waals surface area contributed by atoms with Gasteiger partial charge in [0.1, 0.15) is 5.82 Å². The van der Waals surface area contributed by atoms with Crippen LogP contribution in [0.3, 0.4) is 0 Å². The average Bonchev–Trinajstić information content (AvgIpc) is 3.19. The SMILES string of the molecule is CC(C)(C)c1ccc2c(c1)N(c1ccc(F)cc1)c1cc(C(C)(C)C)cc3c1B2c1cccc2c1N3c1ccccc1[Si]2(c1ccccc1)c1ccccc1. The number of hydrogen-bond acceptors (Lipinski definition) is 2. The van der Waals surface area contributed by atoms with Gasteiger partial charge in [0.15, 0.2) is 8.07 Å². The number of hydrogen-bond donors (Lipinski definition) is 0. The maximum Gasteiger partial charge on any atom is 0.252 e. The van der Waals surface area contributed by atoms with E-state index in [1.165, 1.54) is 65.3 Å². The molecule has 0 aliphatic carbocycles. The van der Waals surface area contributed by atoms with Crippen LogP contribution in [0.2, 0.25) is 0 Å². The summed E-state index contributed by atoms with van der Waals surface area (Å²) in [5, 5.41) is 5.59. The molecule has 0 bridgehead atoms. The summed E-state index contributed by atoms with van der Waals surface area (Å²) in [4.78, 5) is 5.02. The van der Waals surface area contributed by atoms with Crippen LogP contribution in [0.15, 0.2) is 158 Å². The van der Waals surface area contributed by atoms with Gasteiger partial charge in [0.2, 0.25) is 0 Å². The summed E-state index contributed by atoms with van der Waals surface area (Å²) in [7, 11) is -2.83. The van der Waals surface area contributed by atoms with Gasteiger partial charge in [0.25, 0.3) is 6.71 Å². The van der Waals surface area contributed by atoms with E-state index in [9.17, 15) is 4.39 Å². The van der Waals surface area contributed by atoms with Crippen LogP contribution in [0.25, 0.3) is 0 Å². The minimum atomic E-state index is -2.83. The Kier molecular flexibility index (Phi) is 7.35. The first kappa shape index (κ1) is 33.9. The quantitative estimate of drug-likeness (QED) is 0.169. The number of anilines is 6. The number of fused-ring (bicyclic) bond motifs is 6. The van der Waals surface area contributed by atoms with Crippen molar-refractivity contribution in [3.05, 3.63) is 175 Å². The van der Waals surface area contributed by atoms with Crippen molar-refractivity contribution in [2.24, 2.45) is 0 Å². The fourth-order valence-corrected chi connectivity index (χ4v) is 14.8. The molecule has 268 valence electrons. The Morgan fingerprint density at radius 2 is 1.04 bits per heavy atom. The van der Waals surface area contributed by atoms with Crippen molar-refractivity contribution in [2.75, 3.05) is 9.80 Å². The van der Waals surface area contributed by atoms with Crippen molar-refractivity contribution in [2.45, 2.75) is 52.4 Å². The highest BCUT2D eigenvalue weighted by Crippen LogP contribution is 2.47. The third-order valence-corrected chi connectivity index (χ3v) is 17.1. The molecule has 7 aromatic carbocycles. The van der Waals surface area contributed by atoms with Gasteiger partial charge in [-0.2, -0.15) is 0 Å². The van der Waals surface area contributed by atoms with E-state index in [1.807, 2.05) is 12.1 Å². The monoisotopic (exact) mass is 730 g/mol. The summed E-state index contributed by atoms with van der Waals surface area (Å²) in [6.45, 7) is 13.8. The average molecular weight is 731 g/mol. The summed E-state index contributed by atoms with van der Waals surface area (Å²) in [5.41, 5.74) is 13.3. The lowest BCUT2D eigenvalue weighted by Gasteiger charge is -2.51. The second-order valence-corrected chi connectivity index (χ2v) is 21.3. The summed E-state index contributed by atoms with van der Waals surface area (Å²) < 4.78 is 14.6. The van der Waals surface area contributed by atoms with Crippen molar-refractivity contribution < 1.29 is 4.39 Å². The Labute approximate surface area is 326 Å². The van der Waals surface area contributed by atoms with Crippen molar-refractivity contribution in [1.29, 1.82) is 0 Å². The van der Waals surface area contributed by atoms with Crippen LogP contribution in [0, 0.1) is 5.82 Å². The van der Waals surface area contributed by atoms with Gasteiger partial charge in [-0.25, -0.2) is 4.39 Å². The molecule has 0 atom stereocenters. The van der Waals surface area contributed by atoms with Crippen LogP contribution in [0.5, 0.6) is 0 Å². The second kappa shape index (κ2) is 11.9. The van der Waals surface area contributed by atoms with Crippen LogP contribution >= 0.6 is 0 Å². The maximum absolute atomic E-state index is 14.6. The van der Waals surface area contributed by atoms with E-state index in [1.54, 1.807) is 12.1 Å². The molecule has 0 amide bonds. The van der Waals surface area contributed by atoms with E-state index in [0.717, 1.165) is 17.1 Å². The summed E-state index contributed by atoms with van der Waals surface area (Å²) in [6, 6.07) is 58.0. The smallest absolute Gasteiger partial charge is 0.252 e. The zero-order valence-corrected chi connectivity index (χ0v) is 33.4. The Morgan fingerprint density at radius 3 is 1.67 bits per heavy atom. The highest BCUT2D eigenvalue weighted by atomic mass is 28.3. The molecular weight excluding hydrogens is 686 g/mol. The molecule has 5 heteroatoms. The Morgan fingerprint density at radius 1 is 0.473 bits per heavy atom. The van der Waals surface area contributed by atoms with Crippen molar-refractivity contribution >= 4 is 86.0 Å². The lowest BCUT2D eigenvalue weighted by molar-refractivity contribution is 0.590. The van der Waals surface area contributed by atoms with Crippen LogP contribution < -0.4 is 46.9 Å². The molecule has 0 aromatic heterocycles. The van der Waals surface area contributed by atoms with Crippen LogP contribution in [0.1, 0.15) is 52.7 Å². The van der Waals surface area contributed by atoms with Gasteiger partial charge in [-0.05, 0) is 108 Å². The molecule has 55 heavy (non-hydrogen) atoms. The highest BCUT2D eigenvalue weighted by Gasteiger charge is 2.53. The first-order valence-electron chi connectivity index (χ1n) is 19.5. The Bertz CT molecular complexity index is 2600. The molecule has 10 rings (SSSR count). The van der Waals surface area contributed by atoms with E-state index >= 15 is 0 Å². The van der Waals surface area contributed by atoms with Crippen molar-refractivity contribution in [3.8, 4) is 0 Å². The van der Waals surface area contributed by atoms with E-state index in [0.29, 0.717) is 0 Å². The predicted molar refractivity (Wildman–Crippen MR) is 235 cm³/mol. The Balaban J connectivity index is 1.38. The first-order chi connectivity index (χ1) is 26.5. The van der Waals surface area contributed by atoms with E-state index in [4.69, 9.17) is 0 Å². The van der Waals surface area contributed by atoms with Gasteiger partial charge in [0.05, 0.1) is 0 Å². The summed E-state index contributed by atoms with van der Waals surface area (Å²) >= 11 is 0. The van der Waals surface area contributed by atoms with Crippen LogP contribution in [-0.2, 0) is 10.8 Å². The molecular formula is C50H44BFN2Si. The zero-order chi connectivity index (χ0) is 37.9. The highest BCUT2D eigenvalue weighted by molar-refractivity contribution is 7.22. The van der Waals surface area contributed by atoms with Gasteiger partial charge in [-0.3, -0.25) is 0 Å². The second-order valence-electron chi connectivity index (χ2n) is 17.5. The normalized spacial score (nSPS) is 14.9. The Hall–Kier alpha value is -5.65. The minimum Gasteiger partial charge on any atom is -0.312 e. The molecule has 0 N–H and O–H groups in total. The van der Waals surface area contributed by atoms with Crippen molar-refractivity contribution in [3.63, 3.8) is 0 Å². The number of para-hydroxylation sites is 2. The molecule has 3 aliphatic rings. The molecule has 7 aromatic rings. The largest absolute Gasteiger partial charge is 0.312 e. The summed E-state index contributed by atoms with van der Waals surface area (Å²) in [5.74, 6) is -0.233. The fraction of sp³-hybridized carbons (Fsp3) is 0.160. The third kappa shape index (κ3) is 4.85. The van der Waals surface area contributed by atoms with Gasteiger partial charge >= 0.3 is 0 Å². The third-order valence-electron chi connectivity index (χ3n) is 12.3. The molecule has 3 aliphatic heterocycles. The van der Waals surface area contributed by atoms with Crippen LogP contribution in [-0.4, -0.2) is 14.8 Å². The molecule has 0 spiro atoms. The molecule has 2 nitrogen and oxygen atoms in total. The van der Waals surface area contributed by atoms with E-state index < -0.39 is 8.07 Å². The number of rotatable bonds is 3. The number of nitrogens with zero attached hydrogens (tertiary/aromatic N) is 2. The predicted octanol–water partition coefficient (Wildman–Crippen LogP) is 8.19. The standard InChI is InChI=1S/C50H44BFN2Si/c1-49(2,3)33-24-29-39-42(30-33)53(36-27-25-35(52)26-28-36)43-31-34(50(4,5)6)32-44-47(43)51(39)40-20-15-23-46-48(40)54(44)41-21-13-14-22-45(41)55(46,37-16-9-7-10-17-37)38-18-11-8-12-19-38/h7-32H,1-6H3. The minimum absolute atomic E-state index is 0.00514. The van der Waals surface area contributed by atoms with Gasteiger partial charge in [0, 0.05) is 34.1 Å². The fourth-order valence-electron chi connectivity index (χ4n) is 9.66. The lowest BCUT2D eigenvalue weighted by Crippen LogP contribution is -2.79. The van der Waals surface area contributed by atoms with Gasteiger partial charge < -0.3 is 9.80 Å². The van der Waals surface area contributed by atoms with Crippen LogP contribution in [0.4, 0.5) is 38.5 Å². The van der Waals surface area contributed by atoms with E-state index in [-0.39, 0.29) is 23.4 Å².